The van der Waals surface area contributed by atoms with Crippen molar-refractivity contribution in [2.24, 2.45) is 5.10 Å². The third-order valence-electron chi connectivity index (χ3n) is 4.03. The number of para-hydroxylation sites is 1. The van der Waals surface area contributed by atoms with Gasteiger partial charge in [-0.25, -0.2) is 14.8 Å². The fourth-order valence-electron chi connectivity index (χ4n) is 2.65. The van der Waals surface area contributed by atoms with E-state index in [0.717, 1.165) is 6.42 Å². The molecule has 0 atom stereocenters. The summed E-state index contributed by atoms with van der Waals surface area (Å²) in [6, 6.07) is 13.1. The van der Waals surface area contributed by atoms with Crippen molar-refractivity contribution in [2.45, 2.75) is 26.4 Å². The number of halogens is 2. The third-order valence-corrected chi connectivity index (χ3v) is 4.38. The molecule has 3 rings (SSSR count). The van der Waals surface area contributed by atoms with Crippen molar-refractivity contribution < 1.29 is 9.13 Å². The summed E-state index contributed by atoms with van der Waals surface area (Å²) >= 11 is 6.04. The summed E-state index contributed by atoms with van der Waals surface area (Å²) < 4.78 is 19.7. The highest BCUT2D eigenvalue weighted by atomic mass is 35.5. The van der Waals surface area contributed by atoms with E-state index in [1.54, 1.807) is 30.3 Å². The number of ether oxygens (including phenoxy) is 1. The molecular formula is C21H20ClFN4O2. The molecule has 0 saturated carbocycles. The lowest BCUT2D eigenvalue weighted by atomic mass is 10.2. The minimum atomic E-state index is -0.424. The Balaban J connectivity index is 1.71. The van der Waals surface area contributed by atoms with E-state index >= 15 is 0 Å². The number of rotatable bonds is 8. The molecule has 0 aliphatic rings. The van der Waals surface area contributed by atoms with Crippen molar-refractivity contribution in [3.8, 4) is 5.75 Å². The molecule has 0 radical (unpaired) electrons. The van der Waals surface area contributed by atoms with E-state index in [-0.39, 0.29) is 23.7 Å². The van der Waals surface area contributed by atoms with Crippen LogP contribution >= 0.6 is 11.6 Å². The van der Waals surface area contributed by atoms with Gasteiger partial charge in [0.2, 0.25) is 5.95 Å². The van der Waals surface area contributed by atoms with Gasteiger partial charge >= 0.3 is 0 Å². The van der Waals surface area contributed by atoms with Crippen molar-refractivity contribution in [3.63, 3.8) is 0 Å². The van der Waals surface area contributed by atoms with Crippen molar-refractivity contribution >= 4 is 23.8 Å². The lowest BCUT2D eigenvalue weighted by molar-refractivity contribution is 0.299. The molecule has 0 fully saturated rings. The number of nitrogens with one attached hydrogen (secondary N) is 2. The maximum absolute atomic E-state index is 13.9. The predicted octanol–water partition coefficient (Wildman–Crippen LogP) is 4.54. The highest BCUT2D eigenvalue weighted by molar-refractivity contribution is 6.31. The Bertz CT molecular complexity index is 1050. The molecule has 3 aromatic rings. The Morgan fingerprint density at radius 3 is 2.90 bits per heavy atom. The summed E-state index contributed by atoms with van der Waals surface area (Å²) in [6.07, 6.45) is 3.12. The standard InChI is InChI=1S/C21H20ClFN4O2/c1-2-6-15-11-20(28)26-21(25-15)27-24-12-14-7-3-4-10-19(14)29-13-16-17(22)8-5-9-18(16)23/h3-5,7-12H,2,6,13H2,1H3,(H2,25,26,27,28)/b24-12+. The minimum absolute atomic E-state index is 0.0161. The predicted molar refractivity (Wildman–Crippen MR) is 112 cm³/mol. The third kappa shape index (κ3) is 5.65. The van der Waals surface area contributed by atoms with Crippen molar-refractivity contribution in [1.82, 2.24) is 9.97 Å². The summed E-state index contributed by atoms with van der Waals surface area (Å²) in [4.78, 5) is 18.6. The minimum Gasteiger partial charge on any atom is -0.488 e. The van der Waals surface area contributed by atoms with Gasteiger partial charge in [0.15, 0.2) is 0 Å². The first-order valence-corrected chi connectivity index (χ1v) is 9.48. The zero-order chi connectivity index (χ0) is 20.6. The molecule has 0 amide bonds. The van der Waals surface area contributed by atoms with Gasteiger partial charge in [-0.1, -0.05) is 43.1 Å². The number of aromatic amines is 1. The number of benzene rings is 2. The molecule has 0 saturated heterocycles. The van der Waals surface area contributed by atoms with Gasteiger partial charge in [0, 0.05) is 22.9 Å². The molecule has 6 nitrogen and oxygen atoms in total. The summed E-state index contributed by atoms with van der Waals surface area (Å²) in [5.74, 6) is 0.347. The lowest BCUT2D eigenvalue weighted by Crippen LogP contribution is -2.12. The Morgan fingerprint density at radius 1 is 1.28 bits per heavy atom. The molecule has 2 N–H and O–H groups in total. The van der Waals surface area contributed by atoms with Gasteiger partial charge in [-0.15, -0.1) is 0 Å². The maximum Gasteiger partial charge on any atom is 0.252 e. The number of hydrazone groups is 1. The van der Waals surface area contributed by atoms with E-state index in [2.05, 4.69) is 20.5 Å². The highest BCUT2D eigenvalue weighted by Crippen LogP contribution is 2.23. The van der Waals surface area contributed by atoms with Crippen molar-refractivity contribution in [1.29, 1.82) is 0 Å². The molecule has 2 aromatic carbocycles. The first kappa shape index (κ1) is 20.5. The second kappa shape index (κ2) is 9.84. The van der Waals surface area contributed by atoms with Gasteiger partial charge < -0.3 is 4.74 Å². The topological polar surface area (TPSA) is 79.4 Å². The summed E-state index contributed by atoms with van der Waals surface area (Å²) in [5, 5.41) is 4.42. The number of hydrogen-bond acceptors (Lipinski definition) is 5. The molecular weight excluding hydrogens is 395 g/mol. The van der Waals surface area contributed by atoms with Gasteiger partial charge in [-0.05, 0) is 30.7 Å². The van der Waals surface area contributed by atoms with Crippen LogP contribution < -0.4 is 15.7 Å². The molecule has 8 heteroatoms. The van der Waals surface area contributed by atoms with Crippen LogP contribution in [-0.2, 0) is 13.0 Å². The normalized spacial score (nSPS) is 11.0. The maximum atomic E-state index is 13.9. The van der Waals surface area contributed by atoms with E-state index in [4.69, 9.17) is 16.3 Å². The molecule has 0 aliphatic carbocycles. The molecule has 0 aliphatic heterocycles. The van der Waals surface area contributed by atoms with Gasteiger partial charge in [0.25, 0.3) is 5.56 Å². The van der Waals surface area contributed by atoms with Crippen LogP contribution in [0.5, 0.6) is 5.75 Å². The first-order valence-electron chi connectivity index (χ1n) is 9.11. The summed E-state index contributed by atoms with van der Waals surface area (Å²) in [7, 11) is 0. The Hall–Kier alpha value is -3.19. The van der Waals surface area contributed by atoms with E-state index in [0.29, 0.717) is 28.5 Å². The average Bonchev–Trinajstić information content (AvgIpc) is 2.68. The van der Waals surface area contributed by atoms with Crippen LogP contribution in [0.25, 0.3) is 0 Å². The highest BCUT2D eigenvalue weighted by Gasteiger charge is 2.09. The van der Waals surface area contributed by atoms with E-state index < -0.39 is 5.82 Å². The van der Waals surface area contributed by atoms with E-state index in [1.807, 2.05) is 13.0 Å². The Kier molecular flexibility index (Phi) is 6.97. The Labute approximate surface area is 172 Å². The number of H-pyrrole nitrogens is 1. The molecule has 29 heavy (non-hydrogen) atoms. The monoisotopic (exact) mass is 414 g/mol. The number of aromatic nitrogens is 2. The number of aryl methyl sites for hydroxylation is 1. The van der Waals surface area contributed by atoms with Gasteiger partial charge in [0.05, 0.1) is 11.2 Å². The van der Waals surface area contributed by atoms with Crippen LogP contribution in [0.2, 0.25) is 5.02 Å². The van der Waals surface area contributed by atoms with E-state index in [1.165, 1.54) is 18.3 Å². The lowest BCUT2D eigenvalue weighted by Gasteiger charge is -2.11. The number of anilines is 1. The van der Waals surface area contributed by atoms with Crippen LogP contribution in [0.1, 0.15) is 30.2 Å². The van der Waals surface area contributed by atoms with E-state index in [9.17, 15) is 9.18 Å². The fraction of sp³-hybridized carbons (Fsp3) is 0.190. The van der Waals surface area contributed by atoms with Gasteiger partial charge in [-0.2, -0.15) is 5.10 Å². The smallest absolute Gasteiger partial charge is 0.252 e. The van der Waals surface area contributed by atoms with Crippen LogP contribution in [0.3, 0.4) is 0 Å². The SMILES string of the molecule is CCCc1cc(=O)[nH]c(N/N=C/c2ccccc2OCc2c(F)cccc2Cl)n1. The second-order valence-corrected chi connectivity index (χ2v) is 6.64. The largest absolute Gasteiger partial charge is 0.488 e. The Morgan fingerprint density at radius 2 is 2.10 bits per heavy atom. The van der Waals surface area contributed by atoms with Crippen molar-refractivity contribution in [2.75, 3.05) is 5.43 Å². The van der Waals surface area contributed by atoms with Gasteiger partial charge in [0.1, 0.15) is 18.2 Å². The first-order chi connectivity index (χ1) is 14.1. The second-order valence-electron chi connectivity index (χ2n) is 6.23. The zero-order valence-electron chi connectivity index (χ0n) is 15.8. The molecule has 0 bridgehead atoms. The molecule has 0 unspecified atom stereocenters. The molecule has 1 aromatic heterocycles. The molecule has 1 heterocycles. The van der Waals surface area contributed by atoms with Crippen LogP contribution in [0.15, 0.2) is 58.4 Å². The van der Waals surface area contributed by atoms with Crippen LogP contribution in [-0.4, -0.2) is 16.2 Å². The van der Waals surface area contributed by atoms with Gasteiger partial charge in [-0.3, -0.25) is 9.78 Å². The summed E-state index contributed by atoms with van der Waals surface area (Å²) in [6.45, 7) is 2.00. The van der Waals surface area contributed by atoms with Crippen LogP contribution in [0.4, 0.5) is 10.3 Å². The number of nitrogens with zero attached hydrogens (tertiary/aromatic N) is 2. The zero-order valence-corrected chi connectivity index (χ0v) is 16.5. The summed E-state index contributed by atoms with van der Waals surface area (Å²) in [5.41, 5.74) is 4.12. The number of hydrogen-bond donors (Lipinski definition) is 2. The molecule has 0 spiro atoms. The fourth-order valence-corrected chi connectivity index (χ4v) is 2.86. The molecule has 150 valence electrons. The van der Waals surface area contributed by atoms with Crippen LogP contribution in [0, 0.1) is 5.82 Å². The quantitative estimate of drug-likeness (QED) is 0.419. The van der Waals surface area contributed by atoms with Crippen molar-refractivity contribution in [3.05, 3.63) is 86.5 Å². The average molecular weight is 415 g/mol.